The SMILES string of the molecule is COCCN1CCCN(C(=O)NC[C@H]2CCS(=O)(=O)C2)CC1. The number of carbonyl (C=O) groups excluding carboxylic acids is 1. The van der Waals surface area contributed by atoms with E-state index in [0.717, 1.165) is 32.6 Å². The summed E-state index contributed by atoms with van der Waals surface area (Å²) in [6.45, 7) is 5.36. The number of methoxy groups -OCH3 is 1. The third-order valence-corrected chi connectivity index (χ3v) is 6.19. The number of hydrogen-bond acceptors (Lipinski definition) is 5. The second kappa shape index (κ2) is 8.12. The van der Waals surface area contributed by atoms with E-state index in [-0.39, 0.29) is 23.5 Å². The van der Waals surface area contributed by atoms with Gasteiger partial charge in [0.05, 0.1) is 18.1 Å². The van der Waals surface area contributed by atoms with Crippen molar-refractivity contribution in [3.63, 3.8) is 0 Å². The molecule has 2 aliphatic rings. The Balaban J connectivity index is 1.71. The molecular formula is C14H27N3O4S. The first kappa shape index (κ1) is 17.5. The van der Waals surface area contributed by atoms with Gasteiger partial charge in [-0.2, -0.15) is 0 Å². The van der Waals surface area contributed by atoms with Crippen molar-refractivity contribution in [2.45, 2.75) is 12.8 Å². The van der Waals surface area contributed by atoms with Gasteiger partial charge in [-0.15, -0.1) is 0 Å². The highest BCUT2D eigenvalue weighted by Crippen LogP contribution is 2.17. The Hall–Kier alpha value is -0.860. The van der Waals surface area contributed by atoms with Crippen LogP contribution in [0.1, 0.15) is 12.8 Å². The Bertz CT molecular complexity index is 469. The molecule has 0 aromatic carbocycles. The van der Waals surface area contributed by atoms with Crippen LogP contribution in [0.5, 0.6) is 0 Å². The Morgan fingerprint density at radius 1 is 1.27 bits per heavy atom. The van der Waals surface area contributed by atoms with Gasteiger partial charge < -0.3 is 15.0 Å². The Labute approximate surface area is 132 Å². The molecule has 2 amide bonds. The number of hydrogen-bond donors (Lipinski definition) is 1. The van der Waals surface area contributed by atoms with Crippen LogP contribution in [0.2, 0.25) is 0 Å². The van der Waals surface area contributed by atoms with Gasteiger partial charge in [-0.3, -0.25) is 4.90 Å². The number of amides is 2. The molecule has 2 rings (SSSR count). The van der Waals surface area contributed by atoms with Crippen LogP contribution >= 0.6 is 0 Å². The van der Waals surface area contributed by atoms with Gasteiger partial charge in [0.15, 0.2) is 9.84 Å². The number of urea groups is 1. The quantitative estimate of drug-likeness (QED) is 0.753. The van der Waals surface area contributed by atoms with Crippen LogP contribution in [0.25, 0.3) is 0 Å². The van der Waals surface area contributed by atoms with E-state index in [9.17, 15) is 13.2 Å². The lowest BCUT2D eigenvalue weighted by atomic mass is 10.1. The second-order valence-corrected chi connectivity index (χ2v) is 8.36. The Kier molecular flexibility index (Phi) is 6.46. The molecule has 0 spiro atoms. The molecule has 0 radical (unpaired) electrons. The molecule has 7 nitrogen and oxygen atoms in total. The summed E-state index contributed by atoms with van der Waals surface area (Å²) in [7, 11) is -1.18. The molecule has 0 aliphatic carbocycles. The van der Waals surface area contributed by atoms with E-state index in [4.69, 9.17) is 4.74 Å². The second-order valence-electron chi connectivity index (χ2n) is 6.13. The molecule has 22 heavy (non-hydrogen) atoms. The van der Waals surface area contributed by atoms with Gasteiger partial charge in [-0.1, -0.05) is 0 Å². The van der Waals surface area contributed by atoms with Gasteiger partial charge in [0, 0.05) is 39.8 Å². The lowest BCUT2D eigenvalue weighted by molar-refractivity contribution is 0.149. The predicted octanol–water partition coefficient (Wildman–Crippen LogP) is -0.215. The van der Waals surface area contributed by atoms with E-state index in [1.54, 1.807) is 7.11 Å². The molecule has 2 aliphatic heterocycles. The molecule has 0 aromatic rings. The largest absolute Gasteiger partial charge is 0.383 e. The molecule has 128 valence electrons. The van der Waals surface area contributed by atoms with Crippen LogP contribution in [0.3, 0.4) is 0 Å². The molecule has 0 bridgehead atoms. The molecule has 8 heteroatoms. The Morgan fingerprint density at radius 2 is 2.09 bits per heavy atom. The highest BCUT2D eigenvalue weighted by Gasteiger charge is 2.28. The third kappa shape index (κ3) is 5.40. The van der Waals surface area contributed by atoms with E-state index in [0.29, 0.717) is 26.1 Å². The van der Waals surface area contributed by atoms with Crippen molar-refractivity contribution in [2.24, 2.45) is 5.92 Å². The van der Waals surface area contributed by atoms with Gasteiger partial charge in [-0.05, 0) is 25.3 Å². The summed E-state index contributed by atoms with van der Waals surface area (Å²) in [5.74, 6) is 0.531. The molecule has 0 saturated carbocycles. The van der Waals surface area contributed by atoms with Crippen molar-refractivity contribution in [1.82, 2.24) is 15.1 Å². The maximum absolute atomic E-state index is 12.2. The first-order valence-corrected chi connectivity index (χ1v) is 9.77. The minimum absolute atomic E-state index is 0.0686. The highest BCUT2D eigenvalue weighted by atomic mass is 32.2. The van der Waals surface area contributed by atoms with Gasteiger partial charge >= 0.3 is 6.03 Å². The number of ether oxygens (including phenoxy) is 1. The monoisotopic (exact) mass is 333 g/mol. The lowest BCUT2D eigenvalue weighted by Gasteiger charge is -2.22. The van der Waals surface area contributed by atoms with E-state index in [2.05, 4.69) is 10.2 Å². The minimum atomic E-state index is -2.87. The molecule has 0 unspecified atom stereocenters. The summed E-state index contributed by atoms with van der Waals surface area (Å²) >= 11 is 0. The zero-order valence-electron chi connectivity index (χ0n) is 13.3. The number of rotatable bonds is 5. The summed E-state index contributed by atoms with van der Waals surface area (Å²) in [5.41, 5.74) is 0. The molecule has 1 atom stereocenters. The van der Waals surface area contributed by atoms with Crippen molar-refractivity contribution >= 4 is 15.9 Å². The average Bonchev–Trinajstić information content (AvgIpc) is 2.70. The standard InChI is InChI=1S/C14H27N3O4S/c1-21-9-8-16-4-2-5-17(7-6-16)14(18)15-11-13-3-10-22(19,20)12-13/h13H,2-12H2,1H3,(H,15,18)/t13-/m1/s1. The van der Waals surface area contributed by atoms with Crippen LogP contribution in [0.15, 0.2) is 0 Å². The van der Waals surface area contributed by atoms with Crippen molar-refractivity contribution in [1.29, 1.82) is 0 Å². The fourth-order valence-corrected chi connectivity index (χ4v) is 4.86. The van der Waals surface area contributed by atoms with Crippen LogP contribution in [0, 0.1) is 5.92 Å². The molecule has 0 aromatic heterocycles. The normalized spacial score (nSPS) is 25.9. The maximum Gasteiger partial charge on any atom is 0.317 e. The predicted molar refractivity (Wildman–Crippen MR) is 84.7 cm³/mol. The minimum Gasteiger partial charge on any atom is -0.383 e. The van der Waals surface area contributed by atoms with Gasteiger partial charge in [-0.25, -0.2) is 13.2 Å². The maximum atomic E-state index is 12.2. The van der Waals surface area contributed by atoms with E-state index in [1.807, 2.05) is 4.90 Å². The first-order valence-electron chi connectivity index (χ1n) is 7.94. The smallest absolute Gasteiger partial charge is 0.317 e. The molecule has 2 heterocycles. The van der Waals surface area contributed by atoms with Crippen LogP contribution in [-0.2, 0) is 14.6 Å². The molecule has 1 N–H and O–H groups in total. The fourth-order valence-electron chi connectivity index (χ4n) is 2.99. The molecule has 2 fully saturated rings. The van der Waals surface area contributed by atoms with E-state index >= 15 is 0 Å². The summed E-state index contributed by atoms with van der Waals surface area (Å²) in [5, 5.41) is 2.90. The van der Waals surface area contributed by atoms with E-state index < -0.39 is 9.84 Å². The fraction of sp³-hybridized carbons (Fsp3) is 0.929. The topological polar surface area (TPSA) is 79.0 Å². The van der Waals surface area contributed by atoms with Gasteiger partial charge in [0.2, 0.25) is 0 Å². The lowest BCUT2D eigenvalue weighted by Crippen LogP contribution is -2.43. The highest BCUT2D eigenvalue weighted by molar-refractivity contribution is 7.91. The van der Waals surface area contributed by atoms with E-state index in [1.165, 1.54) is 0 Å². The number of nitrogens with one attached hydrogen (secondary N) is 1. The number of nitrogens with zero attached hydrogens (tertiary/aromatic N) is 2. The average molecular weight is 333 g/mol. The van der Waals surface area contributed by atoms with Crippen molar-refractivity contribution in [3.8, 4) is 0 Å². The van der Waals surface area contributed by atoms with Crippen molar-refractivity contribution < 1.29 is 17.9 Å². The van der Waals surface area contributed by atoms with Crippen LogP contribution in [0.4, 0.5) is 4.79 Å². The molecule has 2 saturated heterocycles. The summed E-state index contributed by atoms with van der Waals surface area (Å²) in [4.78, 5) is 16.3. The van der Waals surface area contributed by atoms with Crippen molar-refractivity contribution in [2.75, 3.05) is 64.5 Å². The van der Waals surface area contributed by atoms with Crippen LogP contribution in [-0.4, -0.2) is 88.7 Å². The van der Waals surface area contributed by atoms with Crippen molar-refractivity contribution in [3.05, 3.63) is 0 Å². The summed E-state index contributed by atoms with van der Waals surface area (Å²) in [6, 6.07) is -0.0714. The zero-order valence-corrected chi connectivity index (χ0v) is 14.1. The molecular weight excluding hydrogens is 306 g/mol. The summed E-state index contributed by atoms with van der Waals surface area (Å²) in [6.07, 6.45) is 1.61. The Morgan fingerprint density at radius 3 is 2.77 bits per heavy atom. The third-order valence-electron chi connectivity index (χ3n) is 4.36. The number of sulfone groups is 1. The summed E-state index contributed by atoms with van der Waals surface area (Å²) < 4.78 is 27.9. The van der Waals surface area contributed by atoms with Crippen LogP contribution < -0.4 is 5.32 Å². The zero-order chi connectivity index (χ0) is 16.0. The van der Waals surface area contributed by atoms with Gasteiger partial charge in [0.1, 0.15) is 0 Å². The first-order chi connectivity index (χ1) is 10.5. The number of carbonyl (C=O) groups is 1. The van der Waals surface area contributed by atoms with Gasteiger partial charge in [0.25, 0.3) is 0 Å².